The lowest BCUT2D eigenvalue weighted by atomic mass is 9.74. The van der Waals surface area contributed by atoms with Gasteiger partial charge in [0.1, 0.15) is 0 Å². The van der Waals surface area contributed by atoms with Crippen LogP contribution in [-0.2, 0) is 10.3 Å². The highest BCUT2D eigenvalue weighted by Gasteiger charge is 2.54. The fourth-order valence-corrected chi connectivity index (χ4v) is 4.81. The second-order valence-electron chi connectivity index (χ2n) is 8.07. The van der Waals surface area contributed by atoms with Gasteiger partial charge in [-0.15, -0.1) is 0 Å². The molecule has 0 spiro atoms. The van der Waals surface area contributed by atoms with Crippen LogP contribution in [0.25, 0.3) is 0 Å². The van der Waals surface area contributed by atoms with Gasteiger partial charge >= 0.3 is 0 Å². The number of benzene rings is 1. The number of aromatic nitrogens is 1. The molecule has 7 heteroatoms. The molecule has 4 rings (SSSR count). The number of hydrogen-bond acceptors (Lipinski definition) is 5. The molecule has 1 unspecified atom stereocenters. The van der Waals surface area contributed by atoms with E-state index >= 15 is 0 Å². The predicted octanol–water partition coefficient (Wildman–Crippen LogP) is 4.10. The van der Waals surface area contributed by atoms with Crippen LogP contribution in [0.2, 0.25) is 0 Å². The van der Waals surface area contributed by atoms with Gasteiger partial charge in [0.15, 0.2) is 17.1 Å². The second kappa shape index (κ2) is 8.78. The van der Waals surface area contributed by atoms with E-state index in [4.69, 9.17) is 10.2 Å². The Bertz CT molecular complexity index is 1120. The minimum absolute atomic E-state index is 0.0795. The molecule has 164 valence electrons. The zero-order valence-corrected chi connectivity index (χ0v) is 17.9. The summed E-state index contributed by atoms with van der Waals surface area (Å²) in [5, 5.41) is 0. The van der Waals surface area contributed by atoms with E-state index in [-0.39, 0.29) is 17.5 Å². The maximum atomic E-state index is 13.9. The fraction of sp³-hybridized carbons (Fsp3) is 0.280. The normalized spacial score (nSPS) is 15.8. The number of furan rings is 1. The molecule has 2 heterocycles. The largest absolute Gasteiger partial charge is 0.459 e. The number of primary amides is 1. The van der Waals surface area contributed by atoms with Gasteiger partial charge in [-0.2, -0.15) is 0 Å². The Balaban J connectivity index is 2.03. The molecule has 1 saturated carbocycles. The number of amides is 2. The monoisotopic (exact) mass is 431 g/mol. The first-order valence-corrected chi connectivity index (χ1v) is 10.7. The minimum Gasteiger partial charge on any atom is -0.459 e. The van der Waals surface area contributed by atoms with Crippen LogP contribution in [0.5, 0.6) is 0 Å². The van der Waals surface area contributed by atoms with Crippen molar-refractivity contribution in [3.05, 3.63) is 84.1 Å². The van der Waals surface area contributed by atoms with Crippen LogP contribution in [0, 0.1) is 5.92 Å². The molecule has 32 heavy (non-hydrogen) atoms. The average Bonchev–Trinajstić information content (AvgIpc) is 3.52. The Morgan fingerprint density at radius 3 is 2.38 bits per heavy atom. The van der Waals surface area contributed by atoms with Crippen LogP contribution in [0.3, 0.4) is 0 Å². The second-order valence-corrected chi connectivity index (χ2v) is 8.07. The highest BCUT2D eigenvalue weighted by molar-refractivity contribution is 6.11. The lowest BCUT2D eigenvalue weighted by Gasteiger charge is -2.45. The number of hydrogen-bond donors (Lipinski definition) is 1. The van der Waals surface area contributed by atoms with E-state index in [1.165, 1.54) is 18.1 Å². The van der Waals surface area contributed by atoms with Gasteiger partial charge in [-0.3, -0.25) is 24.3 Å². The minimum atomic E-state index is -1.47. The van der Waals surface area contributed by atoms with Crippen molar-refractivity contribution in [3.8, 4) is 0 Å². The van der Waals surface area contributed by atoms with Gasteiger partial charge < -0.3 is 10.2 Å². The number of ketones is 1. The number of carbonyl (C=O) groups is 3. The molecule has 0 saturated heterocycles. The van der Waals surface area contributed by atoms with E-state index < -0.39 is 17.4 Å². The molecule has 1 fully saturated rings. The van der Waals surface area contributed by atoms with Crippen molar-refractivity contribution >= 4 is 23.3 Å². The molecule has 2 N–H and O–H groups in total. The molecule has 1 aliphatic carbocycles. The molecule has 1 aliphatic rings. The third kappa shape index (κ3) is 3.60. The quantitative estimate of drug-likeness (QED) is 0.567. The topological polar surface area (TPSA) is 107 Å². The number of anilines is 1. The first-order valence-electron chi connectivity index (χ1n) is 10.7. The van der Waals surface area contributed by atoms with E-state index in [1.54, 1.807) is 60.9 Å². The average molecular weight is 431 g/mol. The summed E-state index contributed by atoms with van der Waals surface area (Å²) >= 11 is 0. The van der Waals surface area contributed by atoms with Gasteiger partial charge in [0.25, 0.3) is 5.91 Å². The number of nitrogens with zero attached hydrogens (tertiary/aromatic N) is 2. The Kier molecular flexibility index (Phi) is 5.90. The van der Waals surface area contributed by atoms with Crippen LogP contribution in [0.15, 0.2) is 71.6 Å². The van der Waals surface area contributed by atoms with Gasteiger partial charge in [0.2, 0.25) is 5.91 Å². The molecule has 0 aliphatic heterocycles. The first kappa shape index (κ1) is 21.5. The maximum absolute atomic E-state index is 13.9. The molecular weight excluding hydrogens is 406 g/mol. The van der Waals surface area contributed by atoms with Gasteiger partial charge in [-0.25, -0.2) is 0 Å². The number of rotatable bonds is 7. The van der Waals surface area contributed by atoms with Crippen molar-refractivity contribution in [2.45, 2.75) is 38.1 Å². The van der Waals surface area contributed by atoms with Crippen molar-refractivity contribution in [2.75, 3.05) is 4.90 Å². The first-order chi connectivity index (χ1) is 15.5. The molecule has 0 radical (unpaired) electrons. The van der Waals surface area contributed by atoms with Gasteiger partial charge in [-0.1, -0.05) is 25.0 Å². The molecule has 3 aromatic rings. The molecule has 2 aromatic heterocycles. The molecule has 0 bridgehead atoms. The predicted molar refractivity (Wildman–Crippen MR) is 119 cm³/mol. The zero-order valence-electron chi connectivity index (χ0n) is 17.9. The number of Topliss-reactive ketones (excluding diaryl/α,β-unsaturated/α-hetero) is 1. The molecule has 2 amide bonds. The van der Waals surface area contributed by atoms with Crippen LogP contribution in [-0.4, -0.2) is 22.6 Å². The highest BCUT2D eigenvalue weighted by atomic mass is 16.3. The summed E-state index contributed by atoms with van der Waals surface area (Å²) in [6, 6.07) is 13.3. The summed E-state index contributed by atoms with van der Waals surface area (Å²) in [5.41, 5.74) is 6.10. The Hall–Kier alpha value is -3.74. The van der Waals surface area contributed by atoms with E-state index in [9.17, 15) is 14.4 Å². The van der Waals surface area contributed by atoms with Crippen molar-refractivity contribution in [3.63, 3.8) is 0 Å². The van der Waals surface area contributed by atoms with E-state index in [0.717, 1.165) is 25.7 Å². The third-order valence-corrected chi connectivity index (χ3v) is 6.24. The van der Waals surface area contributed by atoms with Crippen LogP contribution in [0.4, 0.5) is 5.69 Å². The van der Waals surface area contributed by atoms with E-state index in [1.807, 2.05) is 0 Å². The summed E-state index contributed by atoms with van der Waals surface area (Å²) < 4.78 is 5.43. The lowest BCUT2D eigenvalue weighted by Crippen LogP contribution is -2.61. The summed E-state index contributed by atoms with van der Waals surface area (Å²) in [6.07, 6.45) is 7.92. The lowest BCUT2D eigenvalue weighted by molar-refractivity contribution is -0.125. The summed E-state index contributed by atoms with van der Waals surface area (Å²) in [7, 11) is 0. The Labute approximate surface area is 186 Å². The molecular formula is C25H25N3O4. The maximum Gasteiger partial charge on any atom is 0.295 e. The summed E-state index contributed by atoms with van der Waals surface area (Å²) in [6.45, 7) is 1.46. The van der Waals surface area contributed by atoms with Crippen molar-refractivity contribution < 1.29 is 18.8 Å². The highest BCUT2D eigenvalue weighted by Crippen LogP contribution is 2.47. The van der Waals surface area contributed by atoms with Crippen molar-refractivity contribution in [1.29, 1.82) is 0 Å². The number of nitrogens with two attached hydrogens (primary N) is 1. The van der Waals surface area contributed by atoms with E-state index in [0.29, 0.717) is 16.8 Å². The van der Waals surface area contributed by atoms with Gasteiger partial charge in [-0.05, 0) is 67.6 Å². The smallest absolute Gasteiger partial charge is 0.295 e. The Morgan fingerprint density at radius 1 is 1.06 bits per heavy atom. The van der Waals surface area contributed by atoms with Gasteiger partial charge in [0, 0.05) is 23.6 Å². The van der Waals surface area contributed by atoms with Crippen molar-refractivity contribution in [2.24, 2.45) is 11.7 Å². The number of pyridine rings is 1. The van der Waals surface area contributed by atoms with Crippen LogP contribution in [0.1, 0.15) is 59.1 Å². The Morgan fingerprint density at radius 2 is 1.78 bits per heavy atom. The fourth-order valence-electron chi connectivity index (χ4n) is 4.81. The van der Waals surface area contributed by atoms with Crippen molar-refractivity contribution in [1.82, 2.24) is 4.98 Å². The van der Waals surface area contributed by atoms with Crippen LogP contribution >= 0.6 is 0 Å². The summed E-state index contributed by atoms with van der Waals surface area (Å²) in [4.78, 5) is 44.9. The van der Waals surface area contributed by atoms with Crippen LogP contribution < -0.4 is 10.6 Å². The zero-order chi connectivity index (χ0) is 22.7. The standard InChI is InChI=1S/C25H25N3O4/c1-17(29)18-6-4-9-21(16-18)28(23(30)22-10-5-15-32-22)25(24(26)31,19-7-2-3-8-19)20-11-13-27-14-12-20/h4-6,9-16,19H,2-3,7-8H2,1H3,(H2,26,31). The molecule has 1 aromatic carbocycles. The summed E-state index contributed by atoms with van der Waals surface area (Å²) in [5.74, 6) is -1.41. The molecule has 7 nitrogen and oxygen atoms in total. The van der Waals surface area contributed by atoms with Gasteiger partial charge in [0.05, 0.1) is 6.26 Å². The molecule has 1 atom stereocenters. The van der Waals surface area contributed by atoms with E-state index in [2.05, 4.69) is 4.98 Å². The SMILES string of the molecule is CC(=O)c1cccc(N(C(=O)c2ccco2)C(C(N)=O)(c2ccncc2)C2CCCC2)c1. The third-order valence-electron chi connectivity index (χ3n) is 6.24. The number of carbonyl (C=O) groups excluding carboxylic acids is 3.